The first kappa shape index (κ1) is 11.5. The molecule has 1 rings (SSSR count). The number of carboxylic acids is 1. The number of carbonyl (C=O) groups is 1. The van der Waals surface area contributed by atoms with Crippen LogP contribution in [0.3, 0.4) is 0 Å². The quantitative estimate of drug-likeness (QED) is 0.773. The highest BCUT2D eigenvalue weighted by Crippen LogP contribution is 2.04. The summed E-state index contributed by atoms with van der Waals surface area (Å²) in [5.41, 5.74) is 1.04. The number of hydrogen-bond donors (Lipinski definition) is 2. The zero-order valence-electron chi connectivity index (χ0n) is 8.34. The summed E-state index contributed by atoms with van der Waals surface area (Å²) in [6.45, 7) is 0. The second kappa shape index (κ2) is 5.98. The zero-order chi connectivity index (χ0) is 11.1. The second-order valence-electron chi connectivity index (χ2n) is 3.30. The normalized spacial score (nSPS) is 12.9. The van der Waals surface area contributed by atoms with E-state index in [2.05, 4.69) is 0 Å². The molecule has 0 radical (unpaired) electrons. The van der Waals surface area contributed by atoms with Gasteiger partial charge in [-0.1, -0.05) is 42.5 Å². The molecule has 0 spiro atoms. The Bertz CT molecular complexity index is 330. The third-order valence-corrected chi connectivity index (χ3v) is 1.93. The molecule has 0 heterocycles. The standard InChI is InChI=1S/C12H14O3/c13-11(9-12(14)15)8-4-7-10-5-2-1-3-6-10/h1-7,11,13H,8-9H2,(H,14,15)/b7-4+. The van der Waals surface area contributed by atoms with Gasteiger partial charge in [-0.15, -0.1) is 0 Å². The van der Waals surface area contributed by atoms with Gasteiger partial charge in [0.1, 0.15) is 0 Å². The van der Waals surface area contributed by atoms with E-state index in [-0.39, 0.29) is 6.42 Å². The lowest BCUT2D eigenvalue weighted by Crippen LogP contribution is -2.11. The maximum atomic E-state index is 10.3. The molecule has 0 saturated carbocycles. The first-order chi connectivity index (χ1) is 7.18. The van der Waals surface area contributed by atoms with E-state index in [9.17, 15) is 9.90 Å². The molecule has 0 fully saturated rings. The topological polar surface area (TPSA) is 57.5 Å². The molecule has 15 heavy (non-hydrogen) atoms. The van der Waals surface area contributed by atoms with E-state index in [1.54, 1.807) is 6.08 Å². The Balaban J connectivity index is 2.37. The summed E-state index contributed by atoms with van der Waals surface area (Å²) in [4.78, 5) is 10.3. The fraction of sp³-hybridized carbons (Fsp3) is 0.250. The van der Waals surface area contributed by atoms with Crippen LogP contribution in [-0.2, 0) is 4.79 Å². The van der Waals surface area contributed by atoms with Crippen LogP contribution < -0.4 is 0 Å². The van der Waals surface area contributed by atoms with E-state index in [0.29, 0.717) is 6.42 Å². The van der Waals surface area contributed by atoms with Gasteiger partial charge in [0.2, 0.25) is 0 Å². The van der Waals surface area contributed by atoms with Gasteiger partial charge in [0, 0.05) is 0 Å². The van der Waals surface area contributed by atoms with Crippen LogP contribution in [0.5, 0.6) is 0 Å². The van der Waals surface area contributed by atoms with Crippen molar-refractivity contribution >= 4 is 12.0 Å². The lowest BCUT2D eigenvalue weighted by molar-refractivity contribution is -0.139. The first-order valence-electron chi connectivity index (χ1n) is 4.80. The van der Waals surface area contributed by atoms with Crippen molar-refractivity contribution < 1.29 is 15.0 Å². The minimum Gasteiger partial charge on any atom is -0.481 e. The SMILES string of the molecule is O=C(O)CC(O)C/C=C/c1ccccc1. The maximum absolute atomic E-state index is 10.3. The predicted octanol–water partition coefficient (Wildman–Crippen LogP) is 1.93. The number of aliphatic hydroxyl groups excluding tert-OH is 1. The minimum atomic E-state index is -0.976. The van der Waals surface area contributed by atoms with Crippen LogP contribution in [0.4, 0.5) is 0 Å². The second-order valence-corrected chi connectivity index (χ2v) is 3.30. The van der Waals surface area contributed by atoms with Crippen molar-refractivity contribution in [2.24, 2.45) is 0 Å². The van der Waals surface area contributed by atoms with Gasteiger partial charge in [-0.05, 0) is 12.0 Å². The average Bonchev–Trinajstić information content (AvgIpc) is 2.18. The summed E-state index contributed by atoms with van der Waals surface area (Å²) < 4.78 is 0. The van der Waals surface area contributed by atoms with Crippen LogP contribution in [0.25, 0.3) is 6.08 Å². The van der Waals surface area contributed by atoms with Crippen molar-refractivity contribution in [3.63, 3.8) is 0 Å². The number of hydrogen-bond acceptors (Lipinski definition) is 2. The van der Waals surface area contributed by atoms with E-state index < -0.39 is 12.1 Å². The predicted molar refractivity (Wildman–Crippen MR) is 58.4 cm³/mol. The van der Waals surface area contributed by atoms with Crippen LogP contribution in [0.15, 0.2) is 36.4 Å². The molecule has 3 nitrogen and oxygen atoms in total. The molecule has 2 N–H and O–H groups in total. The fourth-order valence-corrected chi connectivity index (χ4v) is 1.21. The number of benzene rings is 1. The highest BCUT2D eigenvalue weighted by molar-refractivity contribution is 5.67. The minimum absolute atomic E-state index is 0.209. The Kier molecular flexibility index (Phi) is 4.57. The summed E-state index contributed by atoms with van der Waals surface area (Å²) in [7, 11) is 0. The van der Waals surface area contributed by atoms with Crippen LogP contribution in [-0.4, -0.2) is 22.3 Å². The Morgan fingerprint density at radius 2 is 2.00 bits per heavy atom. The van der Waals surface area contributed by atoms with Gasteiger partial charge in [-0.2, -0.15) is 0 Å². The van der Waals surface area contributed by atoms with Gasteiger partial charge in [0.15, 0.2) is 0 Å². The van der Waals surface area contributed by atoms with Crippen molar-refractivity contribution in [3.8, 4) is 0 Å². The van der Waals surface area contributed by atoms with Gasteiger partial charge < -0.3 is 10.2 Å². The van der Waals surface area contributed by atoms with E-state index in [1.165, 1.54) is 0 Å². The first-order valence-corrected chi connectivity index (χ1v) is 4.80. The summed E-state index contributed by atoms with van der Waals surface area (Å²) in [6.07, 6.45) is 3.00. The van der Waals surface area contributed by atoms with Crippen molar-refractivity contribution in [1.29, 1.82) is 0 Å². The van der Waals surface area contributed by atoms with Crippen LogP contribution in [0.2, 0.25) is 0 Å². The number of aliphatic hydroxyl groups is 1. The van der Waals surface area contributed by atoms with Gasteiger partial charge >= 0.3 is 5.97 Å². The molecule has 0 saturated heterocycles. The summed E-state index contributed by atoms with van der Waals surface area (Å²) >= 11 is 0. The molecule has 1 aromatic carbocycles. The molecule has 0 aliphatic rings. The third kappa shape index (κ3) is 4.98. The molecule has 0 bridgehead atoms. The molecule has 1 atom stereocenters. The fourth-order valence-electron chi connectivity index (χ4n) is 1.21. The monoisotopic (exact) mass is 206 g/mol. The summed E-state index contributed by atoms with van der Waals surface area (Å²) in [6, 6.07) is 9.66. The molecule has 0 aliphatic heterocycles. The Hall–Kier alpha value is -1.61. The van der Waals surface area contributed by atoms with E-state index in [0.717, 1.165) is 5.56 Å². The van der Waals surface area contributed by atoms with Crippen molar-refractivity contribution in [2.45, 2.75) is 18.9 Å². The van der Waals surface area contributed by atoms with Crippen LogP contribution >= 0.6 is 0 Å². The van der Waals surface area contributed by atoms with Crippen LogP contribution in [0, 0.1) is 0 Å². The molecule has 1 aromatic rings. The Morgan fingerprint density at radius 3 is 2.60 bits per heavy atom. The van der Waals surface area contributed by atoms with Crippen molar-refractivity contribution in [1.82, 2.24) is 0 Å². The molecule has 0 aromatic heterocycles. The van der Waals surface area contributed by atoms with E-state index in [4.69, 9.17) is 5.11 Å². The molecule has 0 aliphatic carbocycles. The van der Waals surface area contributed by atoms with E-state index >= 15 is 0 Å². The number of rotatable bonds is 5. The summed E-state index contributed by atoms with van der Waals surface area (Å²) in [5, 5.41) is 17.7. The highest BCUT2D eigenvalue weighted by Gasteiger charge is 2.06. The highest BCUT2D eigenvalue weighted by atomic mass is 16.4. The molecular weight excluding hydrogens is 192 g/mol. The largest absolute Gasteiger partial charge is 0.481 e. The smallest absolute Gasteiger partial charge is 0.305 e. The Labute approximate surface area is 88.7 Å². The lowest BCUT2D eigenvalue weighted by Gasteiger charge is -2.02. The van der Waals surface area contributed by atoms with Gasteiger partial charge in [0.05, 0.1) is 12.5 Å². The number of carboxylic acid groups (broad SMARTS) is 1. The maximum Gasteiger partial charge on any atom is 0.305 e. The van der Waals surface area contributed by atoms with Gasteiger partial charge in [-0.25, -0.2) is 0 Å². The lowest BCUT2D eigenvalue weighted by atomic mass is 10.1. The number of aliphatic carboxylic acids is 1. The molecular formula is C12H14O3. The van der Waals surface area contributed by atoms with Gasteiger partial charge in [0.25, 0.3) is 0 Å². The van der Waals surface area contributed by atoms with Crippen molar-refractivity contribution in [2.75, 3.05) is 0 Å². The molecule has 1 unspecified atom stereocenters. The third-order valence-electron chi connectivity index (χ3n) is 1.93. The molecule has 0 amide bonds. The molecule has 3 heteroatoms. The summed E-state index contributed by atoms with van der Waals surface area (Å²) in [5.74, 6) is -0.976. The molecule has 80 valence electrons. The van der Waals surface area contributed by atoms with Crippen LogP contribution in [0.1, 0.15) is 18.4 Å². The van der Waals surface area contributed by atoms with Crippen molar-refractivity contribution in [3.05, 3.63) is 42.0 Å². The average molecular weight is 206 g/mol. The Morgan fingerprint density at radius 1 is 1.33 bits per heavy atom. The zero-order valence-corrected chi connectivity index (χ0v) is 8.34. The van der Waals surface area contributed by atoms with E-state index in [1.807, 2.05) is 36.4 Å². The van der Waals surface area contributed by atoms with Gasteiger partial charge in [-0.3, -0.25) is 4.79 Å².